The van der Waals surface area contributed by atoms with Gasteiger partial charge in [-0.1, -0.05) is 6.07 Å². The van der Waals surface area contributed by atoms with Crippen molar-refractivity contribution in [3.05, 3.63) is 42.1 Å². The van der Waals surface area contributed by atoms with Crippen LogP contribution >= 0.6 is 0 Å². The molecule has 2 rings (SSSR count). The van der Waals surface area contributed by atoms with E-state index in [0.717, 1.165) is 11.9 Å². The molecule has 5 nitrogen and oxygen atoms in total. The number of nitrogens with two attached hydrogens (primary N) is 1. The summed E-state index contributed by atoms with van der Waals surface area (Å²) >= 11 is 0. The lowest BCUT2D eigenvalue weighted by atomic mass is 10.4. The van der Waals surface area contributed by atoms with Crippen LogP contribution in [0.1, 0.15) is 5.69 Å². The molecule has 0 fully saturated rings. The fourth-order valence-corrected chi connectivity index (χ4v) is 1.05. The van der Waals surface area contributed by atoms with E-state index in [2.05, 4.69) is 15.0 Å². The largest absolute Gasteiger partial charge is 0.457 e. The van der Waals surface area contributed by atoms with E-state index < -0.39 is 5.82 Å². The van der Waals surface area contributed by atoms with Gasteiger partial charge in [-0.25, -0.2) is 9.37 Å². The highest BCUT2D eigenvalue weighted by molar-refractivity contribution is 5.29. The maximum absolute atomic E-state index is 12.7. The summed E-state index contributed by atoms with van der Waals surface area (Å²) in [5.74, 6) is -0.892. The molecule has 0 aromatic carbocycles. The van der Waals surface area contributed by atoms with E-state index in [0.29, 0.717) is 0 Å². The molecule has 0 unspecified atom stereocenters. The number of nitrogens with zero attached hydrogens (tertiary/aromatic N) is 3. The number of halogens is 1. The molecule has 0 aliphatic rings. The number of aromatic nitrogens is 3. The molecule has 0 atom stereocenters. The Hall–Kier alpha value is -2.24. The van der Waals surface area contributed by atoms with E-state index in [-0.39, 0.29) is 18.4 Å². The van der Waals surface area contributed by atoms with Crippen molar-refractivity contribution in [3.63, 3.8) is 0 Å². The van der Waals surface area contributed by atoms with Gasteiger partial charge in [0.15, 0.2) is 11.6 Å². The number of pyridine rings is 1. The summed E-state index contributed by atoms with van der Waals surface area (Å²) in [6, 6.07) is 5.47. The third-order valence-corrected chi connectivity index (χ3v) is 1.82. The number of anilines is 1. The molecule has 0 aliphatic heterocycles. The van der Waals surface area contributed by atoms with Crippen molar-refractivity contribution in [2.45, 2.75) is 6.61 Å². The summed E-state index contributed by atoms with van der Waals surface area (Å²) in [4.78, 5) is 11.3. The molecule has 0 radical (unpaired) electrons. The Morgan fingerprint density at radius 1 is 1.31 bits per heavy atom. The van der Waals surface area contributed by atoms with Crippen LogP contribution in [0.4, 0.5) is 10.2 Å². The molecule has 0 spiro atoms. The summed E-state index contributed by atoms with van der Waals surface area (Å²) in [5.41, 5.74) is 6.00. The van der Waals surface area contributed by atoms with Gasteiger partial charge in [-0.3, -0.25) is 4.98 Å². The first-order valence-corrected chi connectivity index (χ1v) is 4.56. The molecular weight excluding hydrogens is 211 g/mol. The van der Waals surface area contributed by atoms with Crippen LogP contribution in [0.3, 0.4) is 0 Å². The van der Waals surface area contributed by atoms with Crippen LogP contribution in [0.5, 0.6) is 6.01 Å². The minimum absolute atomic E-state index is 0.0320. The Morgan fingerprint density at radius 3 is 2.88 bits per heavy atom. The highest BCUT2D eigenvalue weighted by Crippen LogP contribution is 2.10. The van der Waals surface area contributed by atoms with E-state index >= 15 is 0 Å². The van der Waals surface area contributed by atoms with Crippen molar-refractivity contribution < 1.29 is 9.13 Å². The van der Waals surface area contributed by atoms with Gasteiger partial charge < -0.3 is 10.5 Å². The fraction of sp³-hybridized carbons (Fsp3) is 0.100. The fourth-order valence-electron chi connectivity index (χ4n) is 1.05. The van der Waals surface area contributed by atoms with Gasteiger partial charge in [0.2, 0.25) is 0 Å². The summed E-state index contributed by atoms with van der Waals surface area (Å²) < 4.78 is 17.9. The van der Waals surface area contributed by atoms with Gasteiger partial charge in [0.05, 0.1) is 11.9 Å². The van der Waals surface area contributed by atoms with Crippen LogP contribution in [0.15, 0.2) is 30.6 Å². The zero-order chi connectivity index (χ0) is 11.4. The average Bonchev–Trinajstić information content (AvgIpc) is 2.32. The van der Waals surface area contributed by atoms with Crippen LogP contribution in [-0.4, -0.2) is 15.0 Å². The van der Waals surface area contributed by atoms with Crippen molar-refractivity contribution in [2.75, 3.05) is 5.73 Å². The maximum atomic E-state index is 12.7. The smallest absolute Gasteiger partial charge is 0.318 e. The zero-order valence-corrected chi connectivity index (χ0v) is 8.30. The SMILES string of the molecule is Nc1nc(OCc2ccccn2)ncc1F. The standard InChI is InChI=1S/C10H9FN4O/c11-8-5-14-10(15-9(8)12)16-6-7-3-1-2-4-13-7/h1-5H,6H2,(H2,12,14,15). The lowest BCUT2D eigenvalue weighted by molar-refractivity contribution is 0.275. The predicted molar refractivity (Wildman–Crippen MR) is 55.0 cm³/mol. The van der Waals surface area contributed by atoms with Crippen molar-refractivity contribution in [1.29, 1.82) is 0 Å². The monoisotopic (exact) mass is 220 g/mol. The van der Waals surface area contributed by atoms with Crippen LogP contribution in [-0.2, 0) is 6.61 Å². The third kappa shape index (κ3) is 2.41. The number of nitrogen functional groups attached to an aromatic ring is 1. The summed E-state index contributed by atoms with van der Waals surface area (Å²) in [5, 5.41) is 0. The number of ether oxygens (including phenoxy) is 1. The van der Waals surface area contributed by atoms with Crippen molar-refractivity contribution in [1.82, 2.24) is 15.0 Å². The van der Waals surface area contributed by atoms with Gasteiger partial charge >= 0.3 is 6.01 Å². The molecule has 2 aromatic rings. The molecule has 0 amide bonds. The van der Waals surface area contributed by atoms with Gasteiger partial charge in [-0.15, -0.1) is 0 Å². The lowest BCUT2D eigenvalue weighted by Crippen LogP contribution is -2.04. The highest BCUT2D eigenvalue weighted by Gasteiger charge is 2.04. The number of hydrogen-bond donors (Lipinski definition) is 1. The van der Waals surface area contributed by atoms with Crippen LogP contribution in [0.25, 0.3) is 0 Å². The molecule has 0 saturated heterocycles. The zero-order valence-electron chi connectivity index (χ0n) is 8.30. The molecule has 6 heteroatoms. The number of rotatable bonds is 3. The summed E-state index contributed by atoms with van der Waals surface area (Å²) in [6.45, 7) is 0.214. The lowest BCUT2D eigenvalue weighted by Gasteiger charge is -2.03. The van der Waals surface area contributed by atoms with E-state index in [9.17, 15) is 4.39 Å². The van der Waals surface area contributed by atoms with E-state index in [1.54, 1.807) is 18.3 Å². The Bertz CT molecular complexity index is 478. The second-order valence-electron chi connectivity index (χ2n) is 3.00. The molecular formula is C10H9FN4O. The topological polar surface area (TPSA) is 73.9 Å². The second kappa shape index (κ2) is 4.52. The Labute approximate surface area is 91.1 Å². The van der Waals surface area contributed by atoms with Gasteiger partial charge in [0.25, 0.3) is 0 Å². The molecule has 0 saturated carbocycles. The predicted octanol–water partition coefficient (Wildman–Crippen LogP) is 1.17. The van der Waals surface area contributed by atoms with Crippen molar-refractivity contribution in [2.24, 2.45) is 0 Å². The first-order valence-electron chi connectivity index (χ1n) is 4.56. The third-order valence-electron chi connectivity index (χ3n) is 1.82. The van der Waals surface area contributed by atoms with E-state index in [4.69, 9.17) is 10.5 Å². The highest BCUT2D eigenvalue weighted by atomic mass is 19.1. The van der Waals surface area contributed by atoms with Gasteiger partial charge in [-0.2, -0.15) is 4.98 Å². The first-order chi connectivity index (χ1) is 7.75. The second-order valence-corrected chi connectivity index (χ2v) is 3.00. The molecule has 2 heterocycles. The summed E-state index contributed by atoms with van der Waals surface area (Å²) in [7, 11) is 0. The summed E-state index contributed by atoms with van der Waals surface area (Å²) in [6.07, 6.45) is 2.62. The molecule has 2 N–H and O–H groups in total. The van der Waals surface area contributed by atoms with Crippen molar-refractivity contribution in [3.8, 4) is 6.01 Å². The molecule has 16 heavy (non-hydrogen) atoms. The van der Waals surface area contributed by atoms with Gasteiger partial charge in [0.1, 0.15) is 6.61 Å². The number of hydrogen-bond acceptors (Lipinski definition) is 5. The normalized spacial score (nSPS) is 10.1. The maximum Gasteiger partial charge on any atom is 0.318 e. The van der Waals surface area contributed by atoms with Crippen molar-refractivity contribution >= 4 is 5.82 Å². The molecule has 0 bridgehead atoms. The van der Waals surface area contributed by atoms with Crippen LogP contribution in [0.2, 0.25) is 0 Å². The molecule has 2 aromatic heterocycles. The Kier molecular flexibility index (Phi) is 2.90. The van der Waals surface area contributed by atoms with Crippen LogP contribution in [0, 0.1) is 5.82 Å². The van der Waals surface area contributed by atoms with Gasteiger partial charge in [0, 0.05) is 6.20 Å². The Morgan fingerprint density at radius 2 is 2.19 bits per heavy atom. The minimum atomic E-state index is -0.662. The average molecular weight is 220 g/mol. The van der Waals surface area contributed by atoms with Gasteiger partial charge in [-0.05, 0) is 12.1 Å². The van der Waals surface area contributed by atoms with Crippen LogP contribution < -0.4 is 10.5 Å². The van der Waals surface area contributed by atoms with E-state index in [1.807, 2.05) is 6.07 Å². The first kappa shape index (κ1) is 10.3. The molecule has 0 aliphatic carbocycles. The quantitative estimate of drug-likeness (QED) is 0.840. The Balaban J connectivity index is 2.03. The van der Waals surface area contributed by atoms with E-state index in [1.165, 1.54) is 0 Å². The molecule has 82 valence electrons. The minimum Gasteiger partial charge on any atom is -0.457 e.